The highest BCUT2D eigenvalue weighted by Crippen LogP contribution is 2.40. The fraction of sp³-hybridized carbons (Fsp3) is 0.188. The molecule has 124 valence electrons. The first kappa shape index (κ1) is 16.5. The average molecular weight is 366 g/mol. The Balaban J connectivity index is 1.97. The maximum Gasteiger partial charge on any atom is 0.293 e. The normalized spacial score (nSPS) is 15.8. The number of nitrogens with zero attached hydrogens (tertiary/aromatic N) is 1. The molecule has 8 heteroatoms. The summed E-state index contributed by atoms with van der Waals surface area (Å²) < 4.78 is 0. The molecule has 2 aromatic carbocycles. The highest BCUT2D eigenvalue weighted by atomic mass is 35.5. The lowest BCUT2D eigenvalue weighted by Crippen LogP contribution is -2.13. The Kier molecular flexibility index (Phi) is 4.34. The number of nitro groups is 1. The van der Waals surface area contributed by atoms with Gasteiger partial charge in [0.25, 0.3) is 5.69 Å². The van der Waals surface area contributed by atoms with Crippen LogP contribution in [-0.4, -0.2) is 10.8 Å². The van der Waals surface area contributed by atoms with Crippen molar-refractivity contribution in [3.8, 4) is 0 Å². The molecule has 24 heavy (non-hydrogen) atoms. The number of nitrogens with two attached hydrogens (primary N) is 1. The highest BCUT2D eigenvalue weighted by Gasteiger charge is 2.27. The first-order valence-corrected chi connectivity index (χ1v) is 7.95. The molecule has 3 N–H and O–H groups in total. The molecule has 0 aromatic heterocycles. The Hall–Kier alpha value is -2.31. The van der Waals surface area contributed by atoms with Gasteiger partial charge in [0.2, 0.25) is 5.91 Å². The van der Waals surface area contributed by atoms with E-state index in [4.69, 9.17) is 28.9 Å². The van der Waals surface area contributed by atoms with Crippen LogP contribution in [-0.2, 0) is 6.42 Å². The van der Waals surface area contributed by atoms with Crippen molar-refractivity contribution in [3.05, 3.63) is 67.2 Å². The number of hydrogen-bond acceptors (Lipinski definition) is 4. The molecular weight excluding hydrogens is 353 g/mol. The summed E-state index contributed by atoms with van der Waals surface area (Å²) in [6.45, 7) is 0. The molecule has 0 spiro atoms. The molecule has 2 aromatic rings. The van der Waals surface area contributed by atoms with E-state index in [1.807, 2.05) is 6.07 Å². The summed E-state index contributed by atoms with van der Waals surface area (Å²) in [5.41, 5.74) is 7.31. The molecular formula is C16H13Cl2N3O3. The van der Waals surface area contributed by atoms with E-state index in [-0.39, 0.29) is 17.3 Å². The van der Waals surface area contributed by atoms with E-state index in [0.717, 1.165) is 24.0 Å². The molecule has 6 nitrogen and oxygen atoms in total. The Morgan fingerprint density at radius 1 is 1.29 bits per heavy atom. The second-order valence-corrected chi connectivity index (χ2v) is 6.39. The van der Waals surface area contributed by atoms with E-state index < -0.39 is 10.8 Å². The van der Waals surface area contributed by atoms with Gasteiger partial charge in [-0.05, 0) is 48.2 Å². The molecule has 0 aliphatic heterocycles. The lowest BCUT2D eigenvalue weighted by Gasteiger charge is -2.16. The van der Waals surface area contributed by atoms with E-state index in [1.54, 1.807) is 6.07 Å². The van der Waals surface area contributed by atoms with Crippen molar-refractivity contribution in [2.45, 2.75) is 18.9 Å². The van der Waals surface area contributed by atoms with E-state index in [1.165, 1.54) is 18.2 Å². The van der Waals surface area contributed by atoms with Crippen LogP contribution in [0.15, 0.2) is 30.3 Å². The molecule has 0 saturated carbocycles. The summed E-state index contributed by atoms with van der Waals surface area (Å²) in [4.78, 5) is 22.0. The van der Waals surface area contributed by atoms with E-state index in [0.29, 0.717) is 15.7 Å². The number of primary amides is 1. The molecule has 0 fully saturated rings. The summed E-state index contributed by atoms with van der Waals surface area (Å²) in [7, 11) is 0. The predicted octanol–water partition coefficient (Wildman–Crippen LogP) is 4.10. The Morgan fingerprint density at radius 3 is 2.71 bits per heavy atom. The third-order valence-electron chi connectivity index (χ3n) is 4.06. The van der Waals surface area contributed by atoms with E-state index in [2.05, 4.69) is 5.32 Å². The van der Waals surface area contributed by atoms with Crippen LogP contribution in [0.5, 0.6) is 0 Å². The molecule has 3 rings (SSSR count). The summed E-state index contributed by atoms with van der Waals surface area (Å²) in [6, 6.07) is 7.48. The van der Waals surface area contributed by atoms with Gasteiger partial charge < -0.3 is 11.1 Å². The summed E-state index contributed by atoms with van der Waals surface area (Å²) in [5.74, 6) is -0.713. The van der Waals surface area contributed by atoms with Gasteiger partial charge in [0, 0.05) is 21.7 Å². The van der Waals surface area contributed by atoms with Gasteiger partial charge in [0.15, 0.2) is 0 Å². The second kappa shape index (κ2) is 6.30. The molecule has 0 bridgehead atoms. The number of anilines is 1. The number of benzene rings is 2. The number of nitrogens with one attached hydrogen (secondary N) is 1. The minimum absolute atomic E-state index is 0.0881. The highest BCUT2D eigenvalue weighted by molar-refractivity contribution is 6.35. The van der Waals surface area contributed by atoms with Crippen LogP contribution in [0.4, 0.5) is 11.4 Å². The van der Waals surface area contributed by atoms with Gasteiger partial charge in [-0.25, -0.2) is 0 Å². The van der Waals surface area contributed by atoms with Crippen LogP contribution < -0.4 is 11.1 Å². The van der Waals surface area contributed by atoms with Gasteiger partial charge in [-0.1, -0.05) is 23.2 Å². The van der Waals surface area contributed by atoms with Gasteiger partial charge in [-0.15, -0.1) is 0 Å². The van der Waals surface area contributed by atoms with Crippen molar-refractivity contribution >= 4 is 40.5 Å². The number of rotatable bonds is 4. The minimum atomic E-state index is -0.713. The smallest absolute Gasteiger partial charge is 0.293 e. The van der Waals surface area contributed by atoms with Gasteiger partial charge in [0.05, 0.1) is 11.0 Å². The summed E-state index contributed by atoms with van der Waals surface area (Å²) >= 11 is 12.3. The number of carbonyl (C=O) groups is 1. The maximum atomic E-state index is 11.3. The van der Waals surface area contributed by atoms with Crippen LogP contribution >= 0.6 is 23.2 Å². The quantitative estimate of drug-likeness (QED) is 0.629. The van der Waals surface area contributed by atoms with Crippen molar-refractivity contribution in [1.82, 2.24) is 0 Å². The predicted molar refractivity (Wildman–Crippen MR) is 92.8 cm³/mol. The van der Waals surface area contributed by atoms with Gasteiger partial charge >= 0.3 is 0 Å². The number of fused-ring (bicyclic) bond motifs is 1. The first-order valence-electron chi connectivity index (χ1n) is 7.19. The molecule has 1 unspecified atom stereocenters. The molecule has 1 aliphatic carbocycles. The lowest BCUT2D eigenvalue weighted by molar-refractivity contribution is -0.384. The fourth-order valence-electron chi connectivity index (χ4n) is 2.94. The molecule has 1 atom stereocenters. The van der Waals surface area contributed by atoms with Gasteiger partial charge in [-0.3, -0.25) is 14.9 Å². The third-order valence-corrected chi connectivity index (χ3v) is 4.62. The van der Waals surface area contributed by atoms with Crippen molar-refractivity contribution in [2.24, 2.45) is 5.73 Å². The molecule has 1 amide bonds. The Morgan fingerprint density at radius 2 is 2.04 bits per heavy atom. The zero-order valence-electron chi connectivity index (χ0n) is 12.4. The van der Waals surface area contributed by atoms with Crippen molar-refractivity contribution in [1.29, 1.82) is 0 Å². The Labute approximate surface area is 147 Å². The van der Waals surface area contributed by atoms with Crippen LogP contribution in [0, 0.1) is 10.1 Å². The zero-order valence-corrected chi connectivity index (χ0v) is 13.9. The fourth-order valence-corrected chi connectivity index (χ4v) is 3.54. The molecule has 0 heterocycles. The van der Waals surface area contributed by atoms with Gasteiger partial charge in [-0.2, -0.15) is 0 Å². The zero-order chi connectivity index (χ0) is 17.4. The topological polar surface area (TPSA) is 98.3 Å². The minimum Gasteiger partial charge on any atom is -0.373 e. The molecule has 0 saturated heterocycles. The summed E-state index contributed by atoms with van der Waals surface area (Å²) in [6.07, 6.45) is 1.50. The van der Waals surface area contributed by atoms with Crippen molar-refractivity contribution < 1.29 is 9.72 Å². The van der Waals surface area contributed by atoms with Gasteiger partial charge in [0.1, 0.15) is 5.69 Å². The van der Waals surface area contributed by atoms with Crippen LogP contribution in [0.3, 0.4) is 0 Å². The van der Waals surface area contributed by atoms with Crippen LogP contribution in [0.1, 0.15) is 33.9 Å². The van der Waals surface area contributed by atoms with Crippen molar-refractivity contribution in [3.63, 3.8) is 0 Å². The lowest BCUT2D eigenvalue weighted by atomic mass is 10.1. The van der Waals surface area contributed by atoms with Crippen LogP contribution in [0.25, 0.3) is 0 Å². The Bertz CT molecular complexity index is 855. The largest absolute Gasteiger partial charge is 0.373 e. The standard InChI is InChI=1S/C16H13Cl2N3O3/c17-9-6-11-10(12(18)7-9)2-4-13(11)20-14-3-1-8(16(19)22)5-15(14)21(23)24/h1,3,5-7,13,20H,2,4H2,(H2,19,22). The average Bonchev–Trinajstić information content (AvgIpc) is 2.90. The van der Waals surface area contributed by atoms with E-state index in [9.17, 15) is 14.9 Å². The molecule has 0 radical (unpaired) electrons. The number of hydrogen-bond donors (Lipinski definition) is 2. The number of carbonyl (C=O) groups excluding carboxylic acids is 1. The number of amides is 1. The SMILES string of the molecule is NC(=O)c1ccc(NC2CCc3c(Cl)cc(Cl)cc32)c([N+](=O)[O-])c1. The first-order chi connectivity index (χ1) is 11.4. The van der Waals surface area contributed by atoms with Crippen LogP contribution in [0.2, 0.25) is 10.0 Å². The molecule has 1 aliphatic rings. The van der Waals surface area contributed by atoms with Crippen molar-refractivity contribution in [2.75, 3.05) is 5.32 Å². The summed E-state index contributed by atoms with van der Waals surface area (Å²) in [5, 5.41) is 15.6. The number of nitro benzene ring substituents is 1. The third kappa shape index (κ3) is 3.02. The maximum absolute atomic E-state index is 11.3. The second-order valence-electron chi connectivity index (χ2n) is 5.54. The monoisotopic (exact) mass is 365 g/mol. The van der Waals surface area contributed by atoms with E-state index >= 15 is 0 Å². The number of halogens is 2.